The third-order valence-corrected chi connectivity index (χ3v) is 6.12. The predicted octanol–water partition coefficient (Wildman–Crippen LogP) is 3.36. The summed E-state index contributed by atoms with van der Waals surface area (Å²) in [6.45, 7) is 1.32. The Morgan fingerprint density at radius 1 is 1.12 bits per heavy atom. The summed E-state index contributed by atoms with van der Waals surface area (Å²) in [7, 11) is -1.75. The first kappa shape index (κ1) is 15.4. The number of ether oxygens (including phenoxy) is 1. The van der Waals surface area contributed by atoms with Gasteiger partial charge in [-0.1, -0.05) is 11.6 Å². The Morgan fingerprint density at radius 2 is 1.96 bits per heavy atom. The van der Waals surface area contributed by atoms with Gasteiger partial charge in [0.05, 0.1) is 22.6 Å². The SMILES string of the molecule is CN1CCOc2cc(S(=O)(=O)n3ccc4cc(Cl)ccc43)ccc21. The van der Waals surface area contributed by atoms with E-state index in [1.165, 1.54) is 3.97 Å². The summed E-state index contributed by atoms with van der Waals surface area (Å²) in [5.74, 6) is 0.587. The lowest BCUT2D eigenvalue weighted by Crippen LogP contribution is -2.29. The third kappa shape index (κ3) is 2.34. The molecule has 7 heteroatoms. The maximum atomic E-state index is 13.0. The molecule has 0 bridgehead atoms. The molecule has 0 fully saturated rings. The summed E-state index contributed by atoms with van der Waals surface area (Å²) < 4.78 is 32.9. The van der Waals surface area contributed by atoms with Crippen LogP contribution in [0.25, 0.3) is 10.9 Å². The van der Waals surface area contributed by atoms with Crippen molar-refractivity contribution in [2.75, 3.05) is 25.1 Å². The molecule has 0 N–H and O–H groups in total. The van der Waals surface area contributed by atoms with Crippen molar-refractivity contribution in [3.8, 4) is 5.75 Å². The number of likely N-dealkylation sites (N-methyl/N-ethyl adjacent to an activating group) is 1. The monoisotopic (exact) mass is 362 g/mol. The van der Waals surface area contributed by atoms with E-state index < -0.39 is 10.0 Å². The molecule has 4 rings (SSSR count). The molecule has 1 aliphatic rings. The second kappa shape index (κ2) is 5.43. The van der Waals surface area contributed by atoms with Gasteiger partial charge in [-0.3, -0.25) is 0 Å². The number of nitrogens with zero attached hydrogens (tertiary/aromatic N) is 2. The smallest absolute Gasteiger partial charge is 0.268 e. The predicted molar refractivity (Wildman–Crippen MR) is 94.7 cm³/mol. The molecule has 0 atom stereocenters. The van der Waals surface area contributed by atoms with Gasteiger partial charge in [0.2, 0.25) is 0 Å². The van der Waals surface area contributed by atoms with Crippen molar-refractivity contribution in [3.63, 3.8) is 0 Å². The number of hydrogen-bond acceptors (Lipinski definition) is 4. The number of fused-ring (bicyclic) bond motifs is 2. The fourth-order valence-electron chi connectivity index (χ4n) is 2.91. The standard InChI is InChI=1S/C17H15ClN2O3S/c1-19-8-9-23-17-11-14(3-5-16(17)19)24(21,22)20-7-6-12-10-13(18)2-4-15(12)20/h2-7,10-11H,8-9H2,1H3. The largest absolute Gasteiger partial charge is 0.490 e. The van der Waals surface area contributed by atoms with Crippen molar-refractivity contribution in [3.05, 3.63) is 53.7 Å². The van der Waals surface area contributed by atoms with E-state index in [4.69, 9.17) is 16.3 Å². The molecule has 0 amide bonds. The minimum atomic E-state index is -3.71. The molecule has 0 saturated carbocycles. The van der Waals surface area contributed by atoms with Gasteiger partial charge >= 0.3 is 0 Å². The highest BCUT2D eigenvalue weighted by Crippen LogP contribution is 2.34. The lowest BCUT2D eigenvalue weighted by Gasteiger charge is -2.27. The van der Waals surface area contributed by atoms with Gasteiger partial charge in [0.1, 0.15) is 12.4 Å². The zero-order chi connectivity index (χ0) is 16.9. The van der Waals surface area contributed by atoms with Crippen LogP contribution >= 0.6 is 11.6 Å². The first-order chi connectivity index (χ1) is 11.5. The highest BCUT2D eigenvalue weighted by atomic mass is 35.5. The van der Waals surface area contributed by atoms with Gasteiger partial charge in [0.25, 0.3) is 10.0 Å². The summed E-state index contributed by atoms with van der Waals surface area (Å²) in [6.07, 6.45) is 1.54. The molecule has 5 nitrogen and oxygen atoms in total. The van der Waals surface area contributed by atoms with Gasteiger partial charge in [-0.05, 0) is 36.4 Å². The molecule has 0 unspecified atom stereocenters. The van der Waals surface area contributed by atoms with Crippen LogP contribution in [0.15, 0.2) is 53.6 Å². The van der Waals surface area contributed by atoms with Gasteiger partial charge in [0, 0.05) is 29.7 Å². The molecular formula is C17H15ClN2O3S. The van der Waals surface area contributed by atoms with Crippen molar-refractivity contribution in [2.45, 2.75) is 4.90 Å². The molecule has 124 valence electrons. The van der Waals surface area contributed by atoms with E-state index in [2.05, 4.69) is 0 Å². The minimum absolute atomic E-state index is 0.198. The van der Waals surface area contributed by atoms with E-state index in [9.17, 15) is 8.42 Å². The van der Waals surface area contributed by atoms with Crippen LogP contribution in [0, 0.1) is 0 Å². The fraction of sp³-hybridized carbons (Fsp3) is 0.176. The number of halogens is 1. The molecule has 0 saturated heterocycles. The van der Waals surface area contributed by atoms with Gasteiger partial charge in [0.15, 0.2) is 0 Å². The molecule has 24 heavy (non-hydrogen) atoms. The maximum Gasteiger partial charge on any atom is 0.268 e. The second-order valence-electron chi connectivity index (χ2n) is 5.72. The Bertz CT molecular complexity index is 1040. The van der Waals surface area contributed by atoms with Crippen molar-refractivity contribution in [1.29, 1.82) is 0 Å². The Morgan fingerprint density at radius 3 is 2.79 bits per heavy atom. The van der Waals surface area contributed by atoms with Gasteiger partial charge in [-0.25, -0.2) is 12.4 Å². The van der Waals surface area contributed by atoms with Crippen LogP contribution in [0.5, 0.6) is 5.75 Å². The number of hydrogen-bond donors (Lipinski definition) is 0. The third-order valence-electron chi connectivity index (χ3n) is 4.20. The normalized spacial score (nSPS) is 14.5. The zero-order valence-electron chi connectivity index (χ0n) is 12.9. The molecule has 0 spiro atoms. The lowest BCUT2D eigenvalue weighted by atomic mass is 10.2. The molecule has 0 aliphatic carbocycles. The van der Waals surface area contributed by atoms with Gasteiger partial charge in [-0.15, -0.1) is 0 Å². The van der Waals surface area contributed by atoms with E-state index in [1.54, 1.807) is 48.7 Å². The fourth-order valence-corrected chi connectivity index (χ4v) is 4.46. The average molecular weight is 363 g/mol. The first-order valence-corrected chi connectivity index (χ1v) is 9.29. The van der Waals surface area contributed by atoms with E-state index >= 15 is 0 Å². The van der Waals surface area contributed by atoms with Crippen LogP contribution < -0.4 is 9.64 Å². The molecule has 2 aromatic carbocycles. The Kier molecular flexibility index (Phi) is 3.47. The first-order valence-electron chi connectivity index (χ1n) is 7.47. The van der Waals surface area contributed by atoms with E-state index in [0.29, 0.717) is 22.9 Å². The molecule has 1 aliphatic heterocycles. The van der Waals surface area contributed by atoms with Crippen molar-refractivity contribution in [1.82, 2.24) is 3.97 Å². The summed E-state index contributed by atoms with van der Waals surface area (Å²) in [6, 6.07) is 11.8. The number of aromatic nitrogens is 1. The lowest BCUT2D eigenvalue weighted by molar-refractivity contribution is 0.310. The van der Waals surface area contributed by atoms with E-state index in [-0.39, 0.29) is 4.90 Å². The Balaban J connectivity index is 1.85. The summed E-state index contributed by atoms with van der Waals surface area (Å²) in [5.41, 5.74) is 1.49. The summed E-state index contributed by atoms with van der Waals surface area (Å²) in [4.78, 5) is 2.24. The minimum Gasteiger partial charge on any atom is -0.490 e. The summed E-state index contributed by atoms with van der Waals surface area (Å²) >= 11 is 5.97. The van der Waals surface area contributed by atoms with Crippen LogP contribution in [0.4, 0.5) is 5.69 Å². The van der Waals surface area contributed by atoms with E-state index in [1.807, 2.05) is 11.9 Å². The Hall–Kier alpha value is -2.18. The van der Waals surface area contributed by atoms with Crippen LogP contribution in [-0.2, 0) is 10.0 Å². The highest BCUT2D eigenvalue weighted by molar-refractivity contribution is 7.90. The van der Waals surface area contributed by atoms with Crippen LogP contribution in [-0.4, -0.2) is 32.6 Å². The number of rotatable bonds is 2. The molecule has 3 aromatic rings. The average Bonchev–Trinajstić information content (AvgIpc) is 2.98. The zero-order valence-corrected chi connectivity index (χ0v) is 14.5. The quantitative estimate of drug-likeness (QED) is 0.701. The van der Waals surface area contributed by atoms with Crippen molar-refractivity contribution in [2.24, 2.45) is 0 Å². The number of anilines is 1. The Labute approximate surface area is 145 Å². The van der Waals surface area contributed by atoms with Crippen LogP contribution in [0.2, 0.25) is 5.02 Å². The van der Waals surface area contributed by atoms with Crippen LogP contribution in [0.3, 0.4) is 0 Å². The van der Waals surface area contributed by atoms with Gasteiger partial charge < -0.3 is 9.64 Å². The van der Waals surface area contributed by atoms with Crippen molar-refractivity contribution >= 4 is 38.2 Å². The summed E-state index contributed by atoms with van der Waals surface area (Å²) in [5, 5.41) is 1.35. The van der Waals surface area contributed by atoms with Crippen molar-refractivity contribution < 1.29 is 13.2 Å². The van der Waals surface area contributed by atoms with Gasteiger partial charge in [-0.2, -0.15) is 0 Å². The van der Waals surface area contributed by atoms with Crippen LogP contribution in [0.1, 0.15) is 0 Å². The topological polar surface area (TPSA) is 51.5 Å². The molecule has 1 aromatic heterocycles. The molecule has 2 heterocycles. The molecular weight excluding hydrogens is 348 g/mol. The highest BCUT2D eigenvalue weighted by Gasteiger charge is 2.23. The molecule has 0 radical (unpaired) electrons. The van der Waals surface area contributed by atoms with E-state index in [0.717, 1.165) is 17.6 Å². The maximum absolute atomic E-state index is 13.0. The second-order valence-corrected chi connectivity index (χ2v) is 7.97. The number of benzene rings is 2.